The lowest BCUT2D eigenvalue weighted by molar-refractivity contribution is 0.208. The molecule has 0 aliphatic rings. The molecule has 0 bridgehead atoms. The van der Waals surface area contributed by atoms with Crippen LogP contribution in [-0.4, -0.2) is 24.5 Å². The molecule has 0 saturated heterocycles. The lowest BCUT2D eigenvalue weighted by atomic mass is 10.1. The Morgan fingerprint density at radius 1 is 1.25 bits per heavy atom. The first-order valence-corrected chi connectivity index (χ1v) is 8.53. The second kappa shape index (κ2) is 9.54. The molecule has 1 N–H and O–H groups in total. The fourth-order valence-corrected chi connectivity index (χ4v) is 2.89. The maximum absolute atomic E-state index is 3.72. The van der Waals surface area contributed by atoms with Crippen LogP contribution in [0.15, 0.2) is 22.7 Å². The minimum atomic E-state index is 0.593. The molecule has 3 heteroatoms. The Kier molecular flexibility index (Phi) is 8.43. The van der Waals surface area contributed by atoms with Crippen molar-refractivity contribution in [2.24, 2.45) is 0 Å². The van der Waals surface area contributed by atoms with Crippen molar-refractivity contribution < 1.29 is 0 Å². The van der Waals surface area contributed by atoms with E-state index in [1.807, 2.05) is 7.05 Å². The van der Waals surface area contributed by atoms with E-state index < -0.39 is 0 Å². The van der Waals surface area contributed by atoms with Crippen molar-refractivity contribution in [2.75, 3.05) is 13.6 Å². The van der Waals surface area contributed by atoms with Gasteiger partial charge in [0.15, 0.2) is 0 Å². The summed E-state index contributed by atoms with van der Waals surface area (Å²) in [7, 11) is 1.98. The Morgan fingerprint density at radius 3 is 2.55 bits per heavy atom. The van der Waals surface area contributed by atoms with Gasteiger partial charge in [0.2, 0.25) is 0 Å². The predicted molar refractivity (Wildman–Crippen MR) is 92.0 cm³/mol. The summed E-state index contributed by atoms with van der Waals surface area (Å²) in [6, 6.07) is 7.31. The SMILES string of the molecule is CCCCCN(Cc1ccc(CNC)cc1Br)C(C)C. The zero-order valence-electron chi connectivity index (χ0n) is 13.4. The zero-order chi connectivity index (χ0) is 15.0. The lowest BCUT2D eigenvalue weighted by Crippen LogP contribution is -2.31. The van der Waals surface area contributed by atoms with Crippen molar-refractivity contribution in [1.29, 1.82) is 0 Å². The molecule has 1 rings (SSSR count). The second-order valence-electron chi connectivity index (χ2n) is 5.73. The summed E-state index contributed by atoms with van der Waals surface area (Å²) in [5, 5.41) is 3.19. The van der Waals surface area contributed by atoms with Crippen LogP contribution in [0.3, 0.4) is 0 Å². The first-order chi connectivity index (χ1) is 9.58. The third-order valence-electron chi connectivity index (χ3n) is 3.65. The van der Waals surface area contributed by atoms with Crippen LogP contribution in [-0.2, 0) is 13.1 Å². The maximum Gasteiger partial charge on any atom is 0.0247 e. The van der Waals surface area contributed by atoms with Crippen LogP contribution in [0, 0.1) is 0 Å². The Balaban J connectivity index is 2.67. The molecule has 1 aromatic rings. The third kappa shape index (κ3) is 5.94. The topological polar surface area (TPSA) is 15.3 Å². The molecule has 0 aliphatic heterocycles. The van der Waals surface area contributed by atoms with Crippen LogP contribution in [0.25, 0.3) is 0 Å². The van der Waals surface area contributed by atoms with Crippen molar-refractivity contribution >= 4 is 15.9 Å². The van der Waals surface area contributed by atoms with E-state index in [4.69, 9.17) is 0 Å². The number of halogens is 1. The molecular weight excluding hydrogens is 312 g/mol. The summed E-state index contributed by atoms with van der Waals surface area (Å²) in [6.45, 7) is 9.97. The normalized spacial score (nSPS) is 11.6. The van der Waals surface area contributed by atoms with Crippen molar-refractivity contribution in [3.05, 3.63) is 33.8 Å². The van der Waals surface area contributed by atoms with Crippen LogP contribution in [0.5, 0.6) is 0 Å². The largest absolute Gasteiger partial charge is 0.316 e. The molecular formula is C17H29BrN2. The Labute approximate surface area is 133 Å². The molecule has 0 heterocycles. The van der Waals surface area contributed by atoms with Crippen molar-refractivity contribution in [3.8, 4) is 0 Å². The fourth-order valence-electron chi connectivity index (χ4n) is 2.34. The summed E-state index contributed by atoms with van der Waals surface area (Å²) < 4.78 is 1.23. The summed E-state index contributed by atoms with van der Waals surface area (Å²) >= 11 is 3.72. The third-order valence-corrected chi connectivity index (χ3v) is 4.39. The molecule has 20 heavy (non-hydrogen) atoms. The average molecular weight is 341 g/mol. The monoisotopic (exact) mass is 340 g/mol. The number of nitrogens with one attached hydrogen (secondary N) is 1. The molecule has 0 unspecified atom stereocenters. The van der Waals surface area contributed by atoms with Crippen LogP contribution in [0.2, 0.25) is 0 Å². The number of rotatable bonds is 9. The van der Waals surface area contributed by atoms with E-state index >= 15 is 0 Å². The van der Waals surface area contributed by atoms with Gasteiger partial charge in [-0.1, -0.05) is 47.8 Å². The molecule has 0 saturated carbocycles. The lowest BCUT2D eigenvalue weighted by Gasteiger charge is -2.27. The molecule has 114 valence electrons. The van der Waals surface area contributed by atoms with E-state index in [1.165, 1.54) is 41.4 Å². The molecule has 0 amide bonds. The smallest absolute Gasteiger partial charge is 0.0247 e. The number of hydrogen-bond acceptors (Lipinski definition) is 2. The van der Waals surface area contributed by atoms with Gasteiger partial charge in [0.05, 0.1) is 0 Å². The quantitative estimate of drug-likeness (QED) is 0.662. The fraction of sp³-hybridized carbons (Fsp3) is 0.647. The van der Waals surface area contributed by atoms with E-state index in [-0.39, 0.29) is 0 Å². The van der Waals surface area contributed by atoms with Crippen LogP contribution >= 0.6 is 15.9 Å². The van der Waals surface area contributed by atoms with Crippen LogP contribution in [0.4, 0.5) is 0 Å². The van der Waals surface area contributed by atoms with Gasteiger partial charge in [0, 0.05) is 23.6 Å². The molecule has 0 aliphatic carbocycles. The first kappa shape index (κ1) is 17.7. The van der Waals surface area contributed by atoms with Crippen LogP contribution in [0.1, 0.15) is 51.2 Å². The van der Waals surface area contributed by atoms with Gasteiger partial charge in [0.25, 0.3) is 0 Å². The number of hydrogen-bond donors (Lipinski definition) is 1. The molecule has 2 nitrogen and oxygen atoms in total. The second-order valence-corrected chi connectivity index (χ2v) is 6.58. The van der Waals surface area contributed by atoms with E-state index in [1.54, 1.807) is 0 Å². The van der Waals surface area contributed by atoms with Gasteiger partial charge in [-0.15, -0.1) is 0 Å². The highest BCUT2D eigenvalue weighted by Gasteiger charge is 2.11. The number of unbranched alkanes of at least 4 members (excludes halogenated alkanes) is 2. The summed E-state index contributed by atoms with van der Waals surface area (Å²) in [5.41, 5.74) is 2.71. The van der Waals surface area contributed by atoms with Gasteiger partial charge < -0.3 is 5.32 Å². The van der Waals surface area contributed by atoms with Gasteiger partial charge in [0.1, 0.15) is 0 Å². The van der Waals surface area contributed by atoms with Crippen molar-refractivity contribution in [2.45, 2.75) is 59.2 Å². The standard InChI is InChI=1S/C17H29BrN2/c1-5-6-7-10-20(14(2)3)13-16-9-8-15(12-19-4)11-17(16)18/h8-9,11,14,19H,5-7,10,12-13H2,1-4H3. The molecule has 0 atom stereocenters. The average Bonchev–Trinajstić information content (AvgIpc) is 2.40. The van der Waals surface area contributed by atoms with Crippen molar-refractivity contribution in [1.82, 2.24) is 10.2 Å². The molecule has 0 radical (unpaired) electrons. The Hall–Kier alpha value is -0.380. The molecule has 0 aromatic heterocycles. The first-order valence-electron chi connectivity index (χ1n) is 7.74. The van der Waals surface area contributed by atoms with Gasteiger partial charge >= 0.3 is 0 Å². The van der Waals surface area contributed by atoms with Gasteiger partial charge in [-0.25, -0.2) is 0 Å². The molecule has 0 spiro atoms. The number of nitrogens with zero attached hydrogens (tertiary/aromatic N) is 1. The maximum atomic E-state index is 3.72. The highest BCUT2D eigenvalue weighted by atomic mass is 79.9. The minimum absolute atomic E-state index is 0.593. The van der Waals surface area contributed by atoms with E-state index in [0.717, 1.165) is 13.1 Å². The highest BCUT2D eigenvalue weighted by Crippen LogP contribution is 2.21. The van der Waals surface area contributed by atoms with Gasteiger partial charge in [-0.05, 0) is 51.1 Å². The molecule has 0 fully saturated rings. The predicted octanol–water partition coefficient (Wildman–Crippen LogP) is 4.57. The Bertz CT molecular complexity index is 391. The summed E-state index contributed by atoms with van der Waals surface area (Å²) in [5.74, 6) is 0. The summed E-state index contributed by atoms with van der Waals surface area (Å²) in [4.78, 5) is 2.56. The van der Waals surface area contributed by atoms with E-state index in [2.05, 4.69) is 65.1 Å². The molecule has 1 aromatic carbocycles. The van der Waals surface area contributed by atoms with Crippen LogP contribution < -0.4 is 5.32 Å². The minimum Gasteiger partial charge on any atom is -0.316 e. The highest BCUT2D eigenvalue weighted by molar-refractivity contribution is 9.10. The van der Waals surface area contributed by atoms with Gasteiger partial charge in [-0.3, -0.25) is 4.90 Å². The van der Waals surface area contributed by atoms with E-state index in [0.29, 0.717) is 6.04 Å². The summed E-state index contributed by atoms with van der Waals surface area (Å²) in [6.07, 6.45) is 3.91. The Morgan fingerprint density at radius 2 is 2.00 bits per heavy atom. The van der Waals surface area contributed by atoms with E-state index in [9.17, 15) is 0 Å². The van der Waals surface area contributed by atoms with Gasteiger partial charge in [-0.2, -0.15) is 0 Å². The zero-order valence-corrected chi connectivity index (χ0v) is 15.0. The van der Waals surface area contributed by atoms with Crippen molar-refractivity contribution in [3.63, 3.8) is 0 Å². The number of benzene rings is 1.